The second-order valence-corrected chi connectivity index (χ2v) is 7.65. The van der Waals surface area contributed by atoms with E-state index in [0.717, 1.165) is 16.3 Å². The zero-order valence-electron chi connectivity index (χ0n) is 14.5. The molecule has 0 saturated heterocycles. The van der Waals surface area contributed by atoms with Crippen LogP contribution >= 0.6 is 34.2 Å². The summed E-state index contributed by atoms with van der Waals surface area (Å²) in [5, 5.41) is 3.88. The third-order valence-electron chi connectivity index (χ3n) is 3.99. The van der Waals surface area contributed by atoms with Crippen molar-refractivity contribution in [2.24, 2.45) is 0 Å². The quantitative estimate of drug-likeness (QED) is 0.339. The van der Waals surface area contributed by atoms with Gasteiger partial charge in [0, 0.05) is 15.8 Å². The van der Waals surface area contributed by atoms with Crippen LogP contribution in [0.1, 0.15) is 11.3 Å². The number of fused-ring (bicyclic) bond motifs is 1. The molecule has 0 unspecified atom stereocenters. The third-order valence-corrected chi connectivity index (χ3v) is 5.11. The fraction of sp³-hybridized carbons (Fsp3) is 0.111. The van der Waals surface area contributed by atoms with Crippen molar-refractivity contribution in [3.05, 3.63) is 66.8 Å². The van der Waals surface area contributed by atoms with E-state index in [1.807, 2.05) is 29.5 Å². The Hall–Kier alpha value is -2.47. The van der Waals surface area contributed by atoms with Gasteiger partial charge in [0.25, 0.3) is 0 Å². The topological polar surface area (TPSA) is 73.8 Å². The maximum absolute atomic E-state index is 13.3. The molecule has 0 bridgehead atoms. The molecule has 0 spiro atoms. The molecule has 4 aromatic rings. The van der Waals surface area contributed by atoms with E-state index in [1.165, 1.54) is 18.3 Å². The van der Waals surface area contributed by atoms with Crippen LogP contribution in [0, 0.1) is 10.5 Å². The third kappa shape index (κ3) is 3.62. The average Bonchev–Trinajstić information content (AvgIpc) is 3.08. The number of halogens is 5. The first-order valence-electron chi connectivity index (χ1n) is 8.04. The molecule has 1 aromatic carbocycles. The minimum atomic E-state index is -4.73. The standard InChI is InChI=1S/C18H9ClF3IN4O2/c1-8-5-9-14(11(23)6-8)25-16(29-17(9)28)12-7-13(18(20,21)22)26-27(12)15-10(19)3-2-4-24-15/h2-7H,1H3. The number of aromatic nitrogens is 4. The number of rotatable bonds is 2. The highest BCUT2D eigenvalue weighted by molar-refractivity contribution is 14.1. The number of alkyl halides is 3. The van der Waals surface area contributed by atoms with E-state index in [2.05, 4.69) is 15.1 Å². The van der Waals surface area contributed by atoms with Gasteiger partial charge in [-0.05, 0) is 59.3 Å². The van der Waals surface area contributed by atoms with Crippen LogP contribution in [0.3, 0.4) is 0 Å². The minimum Gasteiger partial charge on any atom is -0.401 e. The van der Waals surface area contributed by atoms with Crippen molar-refractivity contribution < 1.29 is 17.6 Å². The van der Waals surface area contributed by atoms with Gasteiger partial charge in [0.05, 0.1) is 15.9 Å². The van der Waals surface area contributed by atoms with E-state index in [0.29, 0.717) is 9.09 Å². The lowest BCUT2D eigenvalue weighted by molar-refractivity contribution is -0.141. The van der Waals surface area contributed by atoms with Crippen molar-refractivity contribution in [2.75, 3.05) is 0 Å². The van der Waals surface area contributed by atoms with Gasteiger partial charge in [0.2, 0.25) is 5.89 Å². The maximum atomic E-state index is 13.3. The molecule has 0 amide bonds. The number of aryl methyl sites for hydroxylation is 1. The van der Waals surface area contributed by atoms with Crippen molar-refractivity contribution in [1.29, 1.82) is 0 Å². The van der Waals surface area contributed by atoms with E-state index in [1.54, 1.807) is 12.1 Å². The van der Waals surface area contributed by atoms with Crippen LogP contribution in [0.25, 0.3) is 28.3 Å². The Morgan fingerprint density at radius 3 is 2.69 bits per heavy atom. The molecule has 0 atom stereocenters. The molecule has 0 N–H and O–H groups in total. The molecule has 0 aliphatic carbocycles. The zero-order valence-corrected chi connectivity index (χ0v) is 17.4. The second kappa shape index (κ2) is 7.10. The normalized spacial score (nSPS) is 11.9. The molecule has 3 aromatic heterocycles. The highest BCUT2D eigenvalue weighted by atomic mass is 127. The van der Waals surface area contributed by atoms with Crippen LogP contribution in [0.15, 0.2) is 45.7 Å². The molecular formula is C18H9ClF3IN4O2. The first-order valence-corrected chi connectivity index (χ1v) is 9.50. The summed E-state index contributed by atoms with van der Waals surface area (Å²) in [5.41, 5.74) is -0.977. The Balaban J connectivity index is 2.04. The van der Waals surface area contributed by atoms with Gasteiger partial charge in [-0.2, -0.15) is 18.3 Å². The molecule has 0 aliphatic heterocycles. The Morgan fingerprint density at radius 1 is 1.24 bits per heavy atom. The van der Waals surface area contributed by atoms with Crippen LogP contribution in [-0.2, 0) is 6.18 Å². The van der Waals surface area contributed by atoms with Gasteiger partial charge in [-0.1, -0.05) is 11.6 Å². The van der Waals surface area contributed by atoms with Gasteiger partial charge in [-0.15, -0.1) is 0 Å². The molecule has 11 heteroatoms. The second-order valence-electron chi connectivity index (χ2n) is 6.08. The highest BCUT2D eigenvalue weighted by Crippen LogP contribution is 2.34. The van der Waals surface area contributed by atoms with Crippen LogP contribution < -0.4 is 5.63 Å². The summed E-state index contributed by atoms with van der Waals surface area (Å²) in [6, 6.07) is 7.13. The molecule has 0 fully saturated rings. The van der Waals surface area contributed by atoms with Crippen molar-refractivity contribution in [2.45, 2.75) is 13.1 Å². The van der Waals surface area contributed by atoms with E-state index >= 15 is 0 Å². The molecule has 4 rings (SSSR count). The molecule has 6 nitrogen and oxygen atoms in total. The molecule has 29 heavy (non-hydrogen) atoms. The Morgan fingerprint density at radius 2 is 2.00 bits per heavy atom. The SMILES string of the molecule is Cc1cc(I)c2nc(-c3cc(C(F)(F)F)nn3-c3ncccc3Cl)oc(=O)c2c1. The summed E-state index contributed by atoms with van der Waals surface area (Å²) < 4.78 is 46.7. The number of benzene rings is 1. The highest BCUT2D eigenvalue weighted by Gasteiger charge is 2.36. The molecular weight excluding hydrogens is 524 g/mol. The lowest BCUT2D eigenvalue weighted by Gasteiger charge is -2.08. The van der Waals surface area contributed by atoms with Gasteiger partial charge in [-0.25, -0.2) is 19.4 Å². The van der Waals surface area contributed by atoms with E-state index in [-0.39, 0.29) is 27.8 Å². The van der Waals surface area contributed by atoms with Gasteiger partial charge < -0.3 is 4.42 Å². The summed E-state index contributed by atoms with van der Waals surface area (Å²) in [6.07, 6.45) is -3.38. The molecule has 0 saturated carbocycles. The van der Waals surface area contributed by atoms with Gasteiger partial charge >= 0.3 is 11.8 Å². The van der Waals surface area contributed by atoms with Crippen molar-refractivity contribution >= 4 is 45.1 Å². The summed E-state index contributed by atoms with van der Waals surface area (Å²) in [5.74, 6) is -0.378. The molecule has 0 radical (unpaired) electrons. The predicted octanol–water partition coefficient (Wildman–Crippen LogP) is 5.02. The number of hydrogen-bond acceptors (Lipinski definition) is 5. The van der Waals surface area contributed by atoms with Crippen LogP contribution in [-0.4, -0.2) is 19.7 Å². The summed E-state index contributed by atoms with van der Waals surface area (Å²) in [4.78, 5) is 20.8. The largest absolute Gasteiger partial charge is 0.435 e. The van der Waals surface area contributed by atoms with Gasteiger partial charge in [0.15, 0.2) is 11.5 Å². The van der Waals surface area contributed by atoms with Crippen LogP contribution in [0.4, 0.5) is 13.2 Å². The maximum Gasteiger partial charge on any atom is 0.435 e. The number of nitrogens with zero attached hydrogens (tertiary/aromatic N) is 4. The van der Waals surface area contributed by atoms with E-state index < -0.39 is 17.5 Å². The zero-order chi connectivity index (χ0) is 20.9. The van der Waals surface area contributed by atoms with Gasteiger partial charge in [0.1, 0.15) is 5.69 Å². The Bertz CT molecular complexity index is 1320. The first kappa shape index (κ1) is 19.8. The van der Waals surface area contributed by atoms with E-state index in [4.69, 9.17) is 16.0 Å². The summed E-state index contributed by atoms with van der Waals surface area (Å²) in [7, 11) is 0. The first-order chi connectivity index (χ1) is 13.6. The fourth-order valence-corrected chi connectivity index (χ4v) is 3.85. The smallest absolute Gasteiger partial charge is 0.401 e. The minimum absolute atomic E-state index is 0.0529. The fourth-order valence-electron chi connectivity index (χ4n) is 2.75. The average molecular weight is 533 g/mol. The van der Waals surface area contributed by atoms with Gasteiger partial charge in [-0.3, -0.25) is 0 Å². The van der Waals surface area contributed by atoms with E-state index in [9.17, 15) is 18.0 Å². The van der Waals surface area contributed by atoms with Crippen molar-refractivity contribution in [3.8, 4) is 17.4 Å². The summed E-state index contributed by atoms with van der Waals surface area (Å²) >= 11 is 8.09. The number of pyridine rings is 1. The monoisotopic (exact) mass is 532 g/mol. The molecule has 0 aliphatic rings. The lowest BCUT2D eigenvalue weighted by atomic mass is 10.2. The Kier molecular flexibility index (Phi) is 4.85. The van der Waals surface area contributed by atoms with Crippen LogP contribution in [0.5, 0.6) is 0 Å². The van der Waals surface area contributed by atoms with Crippen LogP contribution in [0.2, 0.25) is 5.02 Å². The number of hydrogen-bond donors (Lipinski definition) is 0. The van der Waals surface area contributed by atoms with Crippen molar-refractivity contribution in [1.82, 2.24) is 19.7 Å². The summed E-state index contributed by atoms with van der Waals surface area (Å²) in [6.45, 7) is 1.81. The molecule has 148 valence electrons. The Labute approximate surface area is 179 Å². The van der Waals surface area contributed by atoms with Crippen molar-refractivity contribution in [3.63, 3.8) is 0 Å². The lowest BCUT2D eigenvalue weighted by Crippen LogP contribution is -2.09. The molecule has 3 heterocycles. The predicted molar refractivity (Wildman–Crippen MR) is 108 cm³/mol.